The third-order valence-corrected chi connectivity index (χ3v) is 4.06. The van der Waals surface area contributed by atoms with Crippen molar-refractivity contribution in [1.29, 1.82) is 0 Å². The van der Waals surface area contributed by atoms with Crippen LogP contribution in [0.1, 0.15) is 31.7 Å². The number of aryl methyl sites for hydroxylation is 1. The smallest absolute Gasteiger partial charge is 0.319 e. The van der Waals surface area contributed by atoms with Crippen molar-refractivity contribution >= 4 is 11.7 Å². The van der Waals surface area contributed by atoms with Gasteiger partial charge in [0.15, 0.2) is 0 Å². The molecule has 0 aromatic heterocycles. The van der Waals surface area contributed by atoms with Gasteiger partial charge in [0, 0.05) is 17.1 Å². The van der Waals surface area contributed by atoms with Crippen LogP contribution in [0.15, 0.2) is 24.3 Å². The van der Waals surface area contributed by atoms with Crippen molar-refractivity contribution in [1.82, 2.24) is 5.32 Å². The molecule has 1 aliphatic carbocycles. The Hall–Kier alpha value is -1.55. The van der Waals surface area contributed by atoms with E-state index in [4.69, 9.17) is 0 Å². The summed E-state index contributed by atoms with van der Waals surface area (Å²) < 4.78 is 0. The maximum absolute atomic E-state index is 12.0. The van der Waals surface area contributed by atoms with Crippen LogP contribution in [0.5, 0.6) is 0 Å². The largest absolute Gasteiger partial charge is 0.396 e. The lowest BCUT2D eigenvalue weighted by Crippen LogP contribution is -2.46. The molecule has 0 unspecified atom stereocenters. The second kappa shape index (κ2) is 5.61. The molecule has 0 bridgehead atoms. The molecular formula is C15H22N2O2. The van der Waals surface area contributed by atoms with E-state index in [-0.39, 0.29) is 24.1 Å². The maximum atomic E-state index is 12.0. The number of benzene rings is 1. The first-order chi connectivity index (χ1) is 9.03. The Morgan fingerprint density at radius 2 is 2.11 bits per heavy atom. The quantitative estimate of drug-likeness (QED) is 0.784. The number of hydrogen-bond acceptors (Lipinski definition) is 2. The summed E-state index contributed by atoms with van der Waals surface area (Å²) in [5, 5.41) is 15.3. The number of aliphatic hydroxyl groups excluding tert-OH is 1. The van der Waals surface area contributed by atoms with E-state index >= 15 is 0 Å². The van der Waals surface area contributed by atoms with E-state index in [1.165, 1.54) is 0 Å². The van der Waals surface area contributed by atoms with Gasteiger partial charge in [-0.15, -0.1) is 0 Å². The van der Waals surface area contributed by atoms with Gasteiger partial charge in [0.1, 0.15) is 0 Å². The third-order valence-electron chi connectivity index (χ3n) is 4.06. The molecule has 0 heterocycles. The SMILES string of the molecule is Cc1ccc(NC(=O)N[C@@H]2CCC[C@@]2(C)CO)cc1. The van der Waals surface area contributed by atoms with E-state index in [0.717, 1.165) is 30.5 Å². The van der Waals surface area contributed by atoms with Gasteiger partial charge in [-0.25, -0.2) is 4.79 Å². The summed E-state index contributed by atoms with van der Waals surface area (Å²) in [6.07, 6.45) is 2.93. The van der Waals surface area contributed by atoms with E-state index in [9.17, 15) is 9.90 Å². The van der Waals surface area contributed by atoms with Gasteiger partial charge in [-0.1, -0.05) is 31.0 Å². The zero-order valence-electron chi connectivity index (χ0n) is 11.6. The molecule has 2 amide bonds. The van der Waals surface area contributed by atoms with Gasteiger partial charge in [0.05, 0.1) is 6.61 Å². The van der Waals surface area contributed by atoms with Crippen LogP contribution in [0.4, 0.5) is 10.5 Å². The monoisotopic (exact) mass is 262 g/mol. The Balaban J connectivity index is 1.92. The van der Waals surface area contributed by atoms with Crippen molar-refractivity contribution < 1.29 is 9.90 Å². The fourth-order valence-electron chi connectivity index (χ4n) is 2.63. The number of nitrogens with one attached hydrogen (secondary N) is 2. The molecule has 1 fully saturated rings. The first-order valence-electron chi connectivity index (χ1n) is 6.78. The number of rotatable bonds is 3. The first-order valence-corrected chi connectivity index (χ1v) is 6.78. The van der Waals surface area contributed by atoms with Gasteiger partial charge in [-0.05, 0) is 31.9 Å². The first kappa shape index (κ1) is 13.9. The van der Waals surface area contributed by atoms with Gasteiger partial charge in [0.25, 0.3) is 0 Å². The highest BCUT2D eigenvalue weighted by molar-refractivity contribution is 5.89. The Kier molecular flexibility index (Phi) is 4.10. The lowest BCUT2D eigenvalue weighted by molar-refractivity contribution is 0.122. The maximum Gasteiger partial charge on any atom is 0.319 e. The standard InChI is InChI=1S/C15H22N2O2/c1-11-5-7-12(8-6-11)16-14(19)17-13-4-3-9-15(13,2)10-18/h5-8,13,18H,3-4,9-10H2,1-2H3,(H2,16,17,19)/t13-,15+/m1/s1. The van der Waals surface area contributed by atoms with Crippen LogP contribution in [0.25, 0.3) is 0 Å². The zero-order valence-corrected chi connectivity index (χ0v) is 11.6. The number of aliphatic hydroxyl groups is 1. The summed E-state index contributed by atoms with van der Waals surface area (Å²) in [6, 6.07) is 7.54. The van der Waals surface area contributed by atoms with Crippen molar-refractivity contribution in [2.45, 2.75) is 39.2 Å². The predicted octanol–water partition coefficient (Wildman–Crippen LogP) is 2.67. The number of carbonyl (C=O) groups is 1. The molecular weight excluding hydrogens is 240 g/mol. The minimum atomic E-state index is -0.199. The van der Waals surface area contributed by atoms with Crippen molar-refractivity contribution in [2.75, 3.05) is 11.9 Å². The van der Waals surface area contributed by atoms with Crippen LogP contribution < -0.4 is 10.6 Å². The lowest BCUT2D eigenvalue weighted by Gasteiger charge is -2.30. The van der Waals surface area contributed by atoms with Gasteiger partial charge in [-0.2, -0.15) is 0 Å². The van der Waals surface area contributed by atoms with E-state index < -0.39 is 0 Å². The van der Waals surface area contributed by atoms with Gasteiger partial charge < -0.3 is 15.7 Å². The molecule has 1 saturated carbocycles. The molecule has 4 heteroatoms. The van der Waals surface area contributed by atoms with E-state index in [1.807, 2.05) is 38.1 Å². The molecule has 1 aromatic rings. The van der Waals surface area contributed by atoms with E-state index in [2.05, 4.69) is 10.6 Å². The van der Waals surface area contributed by atoms with Crippen molar-refractivity contribution in [2.24, 2.45) is 5.41 Å². The molecule has 1 aromatic carbocycles. The molecule has 0 saturated heterocycles. The molecule has 19 heavy (non-hydrogen) atoms. The molecule has 0 aliphatic heterocycles. The van der Waals surface area contributed by atoms with Crippen LogP contribution in [-0.4, -0.2) is 23.8 Å². The Labute approximate surface area is 114 Å². The van der Waals surface area contributed by atoms with Crippen LogP contribution >= 0.6 is 0 Å². The fraction of sp³-hybridized carbons (Fsp3) is 0.533. The summed E-state index contributed by atoms with van der Waals surface area (Å²) in [5.74, 6) is 0. The van der Waals surface area contributed by atoms with Crippen LogP contribution in [-0.2, 0) is 0 Å². The minimum absolute atomic E-state index is 0.0444. The molecule has 3 N–H and O–H groups in total. The summed E-state index contributed by atoms with van der Waals surface area (Å²) >= 11 is 0. The Morgan fingerprint density at radius 3 is 2.74 bits per heavy atom. The Morgan fingerprint density at radius 1 is 1.42 bits per heavy atom. The highest BCUT2D eigenvalue weighted by atomic mass is 16.3. The average Bonchev–Trinajstić information content (AvgIpc) is 2.74. The summed E-state index contributed by atoms with van der Waals surface area (Å²) in [5.41, 5.74) is 1.76. The van der Waals surface area contributed by atoms with E-state index in [1.54, 1.807) is 0 Å². The summed E-state index contributed by atoms with van der Waals surface area (Å²) in [7, 11) is 0. The highest BCUT2D eigenvalue weighted by Gasteiger charge is 2.39. The van der Waals surface area contributed by atoms with Crippen molar-refractivity contribution in [3.8, 4) is 0 Å². The highest BCUT2D eigenvalue weighted by Crippen LogP contribution is 2.37. The molecule has 104 valence electrons. The Bertz CT molecular complexity index is 444. The van der Waals surface area contributed by atoms with Crippen LogP contribution in [0.2, 0.25) is 0 Å². The number of urea groups is 1. The van der Waals surface area contributed by atoms with Crippen LogP contribution in [0.3, 0.4) is 0 Å². The second-order valence-electron chi connectivity index (χ2n) is 5.72. The van der Waals surface area contributed by atoms with Gasteiger partial charge >= 0.3 is 6.03 Å². The van der Waals surface area contributed by atoms with Gasteiger partial charge in [-0.3, -0.25) is 0 Å². The number of amides is 2. The summed E-state index contributed by atoms with van der Waals surface area (Å²) in [6.45, 7) is 4.15. The molecule has 1 aliphatic rings. The van der Waals surface area contributed by atoms with Crippen molar-refractivity contribution in [3.63, 3.8) is 0 Å². The summed E-state index contributed by atoms with van der Waals surface area (Å²) in [4.78, 5) is 12.0. The predicted molar refractivity (Wildman–Crippen MR) is 76.2 cm³/mol. The molecule has 0 spiro atoms. The lowest BCUT2D eigenvalue weighted by atomic mass is 9.86. The van der Waals surface area contributed by atoms with E-state index in [0.29, 0.717) is 0 Å². The fourth-order valence-corrected chi connectivity index (χ4v) is 2.63. The number of carbonyl (C=O) groups excluding carboxylic acids is 1. The van der Waals surface area contributed by atoms with Crippen LogP contribution in [0, 0.1) is 12.3 Å². The second-order valence-corrected chi connectivity index (χ2v) is 5.72. The van der Waals surface area contributed by atoms with Crippen molar-refractivity contribution in [3.05, 3.63) is 29.8 Å². The average molecular weight is 262 g/mol. The topological polar surface area (TPSA) is 61.4 Å². The minimum Gasteiger partial charge on any atom is -0.396 e. The third kappa shape index (κ3) is 3.26. The normalized spacial score (nSPS) is 26.2. The molecule has 2 atom stereocenters. The molecule has 0 radical (unpaired) electrons. The zero-order chi connectivity index (χ0) is 13.9. The molecule has 4 nitrogen and oxygen atoms in total. The van der Waals surface area contributed by atoms with Gasteiger partial charge in [0.2, 0.25) is 0 Å². The molecule has 2 rings (SSSR count). The number of anilines is 1. The number of hydrogen-bond donors (Lipinski definition) is 3.